The van der Waals surface area contributed by atoms with E-state index in [2.05, 4.69) is 79.1 Å². The highest BCUT2D eigenvalue weighted by Crippen LogP contribution is 2.42. The van der Waals surface area contributed by atoms with Gasteiger partial charge < -0.3 is 14.4 Å². The van der Waals surface area contributed by atoms with Crippen molar-refractivity contribution in [2.45, 2.75) is 225 Å². The number of carbonyl (C=O) groups excluding carboxylic acids is 2. The van der Waals surface area contributed by atoms with Gasteiger partial charge in [-0.05, 0) is 77.0 Å². The van der Waals surface area contributed by atoms with Gasteiger partial charge in [-0.2, -0.15) is 0 Å². The molecule has 0 aliphatic rings. The van der Waals surface area contributed by atoms with Crippen LogP contribution in [-0.4, -0.2) is 43.3 Å². The van der Waals surface area contributed by atoms with Crippen LogP contribution in [0.3, 0.4) is 0 Å². The Kier molecular flexibility index (Phi) is 43.6. The van der Waals surface area contributed by atoms with E-state index in [1.54, 1.807) is 0 Å². The van der Waals surface area contributed by atoms with E-state index < -0.39 is 26.5 Å². The summed E-state index contributed by atoms with van der Waals surface area (Å²) in [5, 5.41) is 0. The van der Waals surface area contributed by atoms with Crippen molar-refractivity contribution in [3.05, 3.63) is 60.8 Å². The minimum Gasteiger partial charge on any atom is -0.462 e. The van der Waals surface area contributed by atoms with Crippen LogP contribution in [0.25, 0.3) is 0 Å². The molecule has 0 radical (unpaired) electrons. The Labute approximate surface area is 362 Å². The standard InChI is InChI=1S/C50H89O8P/c1-4-6-8-10-12-14-16-18-20-22-23-24-25-26-27-29-30-32-34-36-38-40-42-44-49(51)56-46-48(47-57-59(53,54)55-3)58-50(52)45-43-41-39-37-35-33-31-28-21-19-17-15-13-11-9-7-5-2/h7,9,13,15,19,21-23,31,33,48H,4-6,8,10-12,14,16-18,20,24-30,32,34-47H2,1-3H3,(H,53,54)/b9-7-,15-13-,21-19-,23-22-,33-31-. The van der Waals surface area contributed by atoms with Crippen molar-refractivity contribution < 1.29 is 37.6 Å². The number of hydrogen-bond acceptors (Lipinski definition) is 7. The number of phosphoric ester groups is 1. The molecule has 0 aliphatic carbocycles. The summed E-state index contributed by atoms with van der Waals surface area (Å²) < 4.78 is 32.1. The van der Waals surface area contributed by atoms with Crippen molar-refractivity contribution in [1.82, 2.24) is 0 Å². The number of rotatable bonds is 44. The lowest BCUT2D eigenvalue weighted by Gasteiger charge is -2.19. The maximum Gasteiger partial charge on any atom is 0.472 e. The molecule has 0 bridgehead atoms. The summed E-state index contributed by atoms with van der Waals surface area (Å²) in [5.41, 5.74) is 0. The molecule has 0 aliphatic heterocycles. The van der Waals surface area contributed by atoms with Crippen LogP contribution in [0.2, 0.25) is 0 Å². The van der Waals surface area contributed by atoms with E-state index in [1.165, 1.54) is 116 Å². The number of hydrogen-bond donors (Lipinski definition) is 1. The average Bonchev–Trinajstić information content (AvgIpc) is 3.23. The maximum atomic E-state index is 12.5. The summed E-state index contributed by atoms with van der Waals surface area (Å²) in [6.07, 6.45) is 57.1. The van der Waals surface area contributed by atoms with Crippen LogP contribution in [0.4, 0.5) is 0 Å². The molecule has 9 heteroatoms. The molecule has 2 unspecified atom stereocenters. The van der Waals surface area contributed by atoms with E-state index in [4.69, 9.17) is 14.0 Å². The zero-order valence-corrected chi connectivity index (χ0v) is 39.0. The highest BCUT2D eigenvalue weighted by Gasteiger charge is 2.24. The van der Waals surface area contributed by atoms with Gasteiger partial charge >= 0.3 is 19.8 Å². The molecule has 2 atom stereocenters. The number of ether oxygens (including phenoxy) is 2. The third-order valence-corrected chi connectivity index (χ3v) is 11.2. The van der Waals surface area contributed by atoms with Crippen LogP contribution in [0, 0.1) is 0 Å². The fourth-order valence-electron chi connectivity index (χ4n) is 6.59. The summed E-state index contributed by atoms with van der Waals surface area (Å²) in [4.78, 5) is 34.6. The lowest BCUT2D eigenvalue weighted by Crippen LogP contribution is -2.29. The molecule has 0 amide bonds. The number of esters is 2. The molecule has 0 saturated carbocycles. The van der Waals surface area contributed by atoms with Gasteiger partial charge in [-0.25, -0.2) is 4.57 Å². The molecule has 0 aromatic heterocycles. The van der Waals surface area contributed by atoms with E-state index in [9.17, 15) is 19.0 Å². The predicted octanol–water partition coefficient (Wildman–Crippen LogP) is 15.5. The minimum atomic E-state index is -4.27. The van der Waals surface area contributed by atoms with Crippen LogP contribution >= 0.6 is 7.82 Å². The number of allylic oxidation sites excluding steroid dienone is 10. The fourth-order valence-corrected chi connectivity index (χ4v) is 7.05. The largest absolute Gasteiger partial charge is 0.472 e. The molecule has 0 fully saturated rings. The zero-order chi connectivity index (χ0) is 43.2. The Hall–Kier alpha value is -2.25. The zero-order valence-electron chi connectivity index (χ0n) is 38.1. The second-order valence-corrected chi connectivity index (χ2v) is 17.4. The maximum absolute atomic E-state index is 12.5. The first-order chi connectivity index (χ1) is 28.8. The average molecular weight is 849 g/mol. The van der Waals surface area contributed by atoms with Crippen molar-refractivity contribution in [3.63, 3.8) is 0 Å². The molecule has 59 heavy (non-hydrogen) atoms. The molecule has 0 spiro atoms. The SMILES string of the molecule is CC/C=C\C/C=C\C/C=C\C/C=C\CCCCCCC(=O)OC(COC(=O)CCCCCCCCCCCCC/C=C\CCCCCCCCCC)COP(=O)(O)OC. The Bertz CT molecular complexity index is 1140. The molecular weight excluding hydrogens is 760 g/mol. The smallest absolute Gasteiger partial charge is 0.462 e. The van der Waals surface area contributed by atoms with Crippen LogP contribution in [0.1, 0.15) is 219 Å². The Morgan fingerprint density at radius 3 is 1.31 bits per heavy atom. The van der Waals surface area contributed by atoms with Crippen molar-refractivity contribution in [2.24, 2.45) is 0 Å². The van der Waals surface area contributed by atoms with E-state index in [0.717, 1.165) is 77.7 Å². The van der Waals surface area contributed by atoms with Crippen LogP contribution < -0.4 is 0 Å². The predicted molar refractivity (Wildman–Crippen MR) is 248 cm³/mol. The van der Waals surface area contributed by atoms with Crippen molar-refractivity contribution in [2.75, 3.05) is 20.3 Å². The molecular formula is C50H89O8P. The third-order valence-electron chi connectivity index (χ3n) is 10.2. The number of carbonyl (C=O) groups is 2. The monoisotopic (exact) mass is 849 g/mol. The van der Waals surface area contributed by atoms with Gasteiger partial charge in [0.15, 0.2) is 6.10 Å². The van der Waals surface area contributed by atoms with Crippen molar-refractivity contribution in [1.29, 1.82) is 0 Å². The van der Waals surface area contributed by atoms with Crippen LogP contribution in [0.5, 0.6) is 0 Å². The van der Waals surface area contributed by atoms with Gasteiger partial charge in [-0.1, -0.05) is 190 Å². The molecule has 0 aromatic rings. The first-order valence-electron chi connectivity index (χ1n) is 24.0. The first kappa shape index (κ1) is 56.8. The summed E-state index contributed by atoms with van der Waals surface area (Å²) in [6, 6.07) is 0. The third kappa shape index (κ3) is 45.1. The Balaban J connectivity index is 3.94. The quantitative estimate of drug-likeness (QED) is 0.0279. The lowest BCUT2D eigenvalue weighted by atomic mass is 10.0. The summed E-state index contributed by atoms with van der Waals surface area (Å²) in [5.74, 6) is -0.830. The number of unbranched alkanes of at least 4 members (excludes halogenated alkanes) is 23. The second kappa shape index (κ2) is 45.3. The minimum absolute atomic E-state index is 0.215. The molecule has 342 valence electrons. The summed E-state index contributed by atoms with van der Waals surface area (Å²) >= 11 is 0. The highest BCUT2D eigenvalue weighted by molar-refractivity contribution is 7.47. The van der Waals surface area contributed by atoms with Gasteiger partial charge in [0.05, 0.1) is 6.61 Å². The normalized spacial score (nSPS) is 13.8. The van der Waals surface area contributed by atoms with E-state index in [1.807, 2.05) is 0 Å². The van der Waals surface area contributed by atoms with Crippen molar-refractivity contribution >= 4 is 19.8 Å². The van der Waals surface area contributed by atoms with Gasteiger partial charge in [0.1, 0.15) is 6.61 Å². The molecule has 0 rings (SSSR count). The topological polar surface area (TPSA) is 108 Å². The van der Waals surface area contributed by atoms with Gasteiger partial charge in [0, 0.05) is 20.0 Å². The molecule has 0 aromatic carbocycles. The summed E-state index contributed by atoms with van der Waals surface area (Å²) in [7, 11) is -3.22. The van der Waals surface area contributed by atoms with Crippen molar-refractivity contribution in [3.8, 4) is 0 Å². The highest BCUT2D eigenvalue weighted by atomic mass is 31.2. The van der Waals surface area contributed by atoms with Gasteiger partial charge in [-0.15, -0.1) is 0 Å². The molecule has 8 nitrogen and oxygen atoms in total. The van der Waals surface area contributed by atoms with E-state index >= 15 is 0 Å². The molecule has 1 N–H and O–H groups in total. The Morgan fingerprint density at radius 1 is 0.492 bits per heavy atom. The van der Waals surface area contributed by atoms with E-state index in [0.29, 0.717) is 6.42 Å². The fraction of sp³-hybridized carbons (Fsp3) is 0.760. The lowest BCUT2D eigenvalue weighted by molar-refractivity contribution is -0.161. The van der Waals surface area contributed by atoms with E-state index in [-0.39, 0.29) is 25.4 Å². The van der Waals surface area contributed by atoms with Gasteiger partial charge in [0.2, 0.25) is 0 Å². The number of phosphoric acid groups is 1. The Morgan fingerprint density at radius 2 is 0.864 bits per heavy atom. The van der Waals surface area contributed by atoms with Gasteiger partial charge in [-0.3, -0.25) is 18.6 Å². The second-order valence-electron chi connectivity index (χ2n) is 15.9. The molecule has 0 heterocycles. The van der Waals surface area contributed by atoms with Crippen LogP contribution in [0.15, 0.2) is 60.8 Å². The van der Waals surface area contributed by atoms with Gasteiger partial charge in [0.25, 0.3) is 0 Å². The summed E-state index contributed by atoms with van der Waals surface area (Å²) in [6.45, 7) is 3.77. The molecule has 0 saturated heterocycles. The first-order valence-corrected chi connectivity index (χ1v) is 25.5. The van der Waals surface area contributed by atoms with Crippen LogP contribution in [-0.2, 0) is 32.7 Å².